The van der Waals surface area contributed by atoms with Crippen LogP contribution < -0.4 is 5.32 Å². The number of aromatic nitrogens is 3. The Morgan fingerprint density at radius 2 is 2.00 bits per heavy atom. The fourth-order valence-electron chi connectivity index (χ4n) is 1.84. The Balaban J connectivity index is 1.92. The molecule has 1 unspecified atom stereocenters. The minimum absolute atomic E-state index is 0.188. The van der Waals surface area contributed by atoms with Crippen LogP contribution in [0.3, 0.4) is 0 Å². The quantitative estimate of drug-likeness (QED) is 0.876. The van der Waals surface area contributed by atoms with E-state index < -0.39 is 6.10 Å². The van der Waals surface area contributed by atoms with Crippen LogP contribution in [0.2, 0.25) is 0 Å². The first-order chi connectivity index (χ1) is 10.4. The van der Waals surface area contributed by atoms with Crippen LogP contribution in [0.25, 0.3) is 0 Å². The number of amides is 1. The van der Waals surface area contributed by atoms with Crippen LogP contribution in [0, 0.1) is 5.41 Å². The van der Waals surface area contributed by atoms with Gasteiger partial charge in [0.2, 0.25) is 0 Å². The van der Waals surface area contributed by atoms with Crippen molar-refractivity contribution in [3.05, 3.63) is 47.8 Å². The normalized spacial score (nSPS) is 12.9. The van der Waals surface area contributed by atoms with Gasteiger partial charge in [-0.2, -0.15) is 0 Å². The molecule has 22 heavy (non-hydrogen) atoms. The fraction of sp³-hybridized carbons (Fsp3) is 0.438. The smallest absolute Gasteiger partial charge is 0.273 e. The summed E-state index contributed by atoms with van der Waals surface area (Å²) in [5.74, 6) is -0.331. The third-order valence-electron chi connectivity index (χ3n) is 3.41. The first-order valence-corrected chi connectivity index (χ1v) is 7.26. The molecule has 2 rings (SSSR count). The van der Waals surface area contributed by atoms with Crippen molar-refractivity contribution >= 4 is 5.91 Å². The number of aliphatic hydroxyl groups excluding tert-OH is 1. The van der Waals surface area contributed by atoms with Gasteiger partial charge in [0.1, 0.15) is 0 Å². The van der Waals surface area contributed by atoms with Crippen LogP contribution in [0.5, 0.6) is 0 Å². The molecule has 0 aliphatic carbocycles. The van der Waals surface area contributed by atoms with E-state index in [0.29, 0.717) is 6.54 Å². The van der Waals surface area contributed by atoms with Crippen molar-refractivity contribution < 1.29 is 9.90 Å². The average Bonchev–Trinajstić information content (AvgIpc) is 2.93. The summed E-state index contributed by atoms with van der Waals surface area (Å²) in [7, 11) is 0. The largest absolute Gasteiger partial charge is 0.391 e. The van der Waals surface area contributed by atoms with Crippen LogP contribution in [-0.4, -0.2) is 38.7 Å². The summed E-state index contributed by atoms with van der Waals surface area (Å²) < 4.78 is 1.62. The van der Waals surface area contributed by atoms with Gasteiger partial charge in [-0.25, -0.2) is 4.68 Å². The van der Waals surface area contributed by atoms with E-state index >= 15 is 0 Å². The van der Waals surface area contributed by atoms with Crippen LogP contribution >= 0.6 is 0 Å². The lowest BCUT2D eigenvalue weighted by Crippen LogP contribution is -2.39. The molecule has 2 N–H and O–H groups in total. The molecule has 0 saturated carbocycles. The van der Waals surface area contributed by atoms with Crippen LogP contribution in [0.4, 0.5) is 0 Å². The van der Waals surface area contributed by atoms with Crippen molar-refractivity contribution in [2.24, 2.45) is 5.41 Å². The second-order valence-electron chi connectivity index (χ2n) is 6.38. The topological polar surface area (TPSA) is 80.0 Å². The molecule has 1 heterocycles. The highest BCUT2D eigenvalue weighted by Gasteiger charge is 2.23. The van der Waals surface area contributed by atoms with E-state index in [4.69, 9.17) is 0 Å². The molecule has 0 fully saturated rings. The summed E-state index contributed by atoms with van der Waals surface area (Å²) in [6, 6.07) is 9.83. The maximum Gasteiger partial charge on any atom is 0.273 e. The van der Waals surface area contributed by atoms with E-state index in [2.05, 4.69) is 15.6 Å². The maximum atomic E-state index is 12.0. The molecule has 0 radical (unpaired) electrons. The molecule has 1 atom stereocenters. The van der Waals surface area contributed by atoms with Gasteiger partial charge in [0.05, 0.1) is 18.8 Å². The Hall–Kier alpha value is -2.21. The minimum Gasteiger partial charge on any atom is -0.391 e. The molecule has 6 heteroatoms. The van der Waals surface area contributed by atoms with E-state index in [0.717, 1.165) is 5.56 Å². The Labute approximate surface area is 130 Å². The zero-order valence-corrected chi connectivity index (χ0v) is 13.2. The predicted octanol–water partition coefficient (Wildman–Crippen LogP) is 1.46. The molecular formula is C16H22N4O2. The summed E-state index contributed by atoms with van der Waals surface area (Å²) >= 11 is 0. The number of hydrogen-bond acceptors (Lipinski definition) is 4. The minimum atomic E-state index is -0.615. The number of benzene rings is 1. The Morgan fingerprint density at radius 3 is 2.64 bits per heavy atom. The number of rotatable bonds is 5. The maximum absolute atomic E-state index is 12.0. The van der Waals surface area contributed by atoms with Gasteiger partial charge >= 0.3 is 0 Å². The summed E-state index contributed by atoms with van der Waals surface area (Å²) in [6.45, 7) is 6.50. The summed E-state index contributed by atoms with van der Waals surface area (Å²) in [6.07, 6.45) is 0.988. The summed E-state index contributed by atoms with van der Waals surface area (Å²) in [5.41, 5.74) is 1.05. The molecule has 1 aromatic heterocycles. The number of aliphatic hydroxyl groups is 1. The first kappa shape index (κ1) is 16.2. The predicted molar refractivity (Wildman–Crippen MR) is 83.4 cm³/mol. The molecule has 118 valence electrons. The van der Waals surface area contributed by atoms with Gasteiger partial charge in [-0.3, -0.25) is 4.79 Å². The molecule has 0 aliphatic rings. The van der Waals surface area contributed by atoms with Gasteiger partial charge in [0, 0.05) is 6.54 Å². The number of nitrogens with one attached hydrogen (secondary N) is 1. The SMILES string of the molecule is CC(C)(C)C(O)CNC(=O)c1cn(Cc2ccccc2)nn1. The van der Waals surface area contributed by atoms with Crippen LogP contribution in [0.15, 0.2) is 36.5 Å². The Bertz CT molecular complexity index is 617. The average molecular weight is 302 g/mol. The highest BCUT2D eigenvalue weighted by molar-refractivity contribution is 5.91. The van der Waals surface area contributed by atoms with Crippen LogP contribution in [0.1, 0.15) is 36.8 Å². The van der Waals surface area contributed by atoms with Gasteiger partial charge < -0.3 is 10.4 Å². The summed E-state index contributed by atoms with van der Waals surface area (Å²) in [5, 5.41) is 20.4. The molecule has 0 bridgehead atoms. The number of carbonyl (C=O) groups is 1. The lowest BCUT2D eigenvalue weighted by molar-refractivity contribution is 0.0585. The van der Waals surface area contributed by atoms with Crippen molar-refractivity contribution in [2.75, 3.05) is 6.54 Å². The third kappa shape index (κ3) is 4.39. The molecular weight excluding hydrogens is 280 g/mol. The highest BCUT2D eigenvalue weighted by Crippen LogP contribution is 2.18. The molecule has 2 aromatic rings. The fourth-order valence-corrected chi connectivity index (χ4v) is 1.84. The lowest BCUT2D eigenvalue weighted by atomic mass is 9.89. The van der Waals surface area contributed by atoms with Gasteiger partial charge in [-0.15, -0.1) is 5.10 Å². The van der Waals surface area contributed by atoms with Gasteiger partial charge in [0.25, 0.3) is 5.91 Å². The lowest BCUT2D eigenvalue weighted by Gasteiger charge is -2.25. The third-order valence-corrected chi connectivity index (χ3v) is 3.41. The number of carbonyl (C=O) groups excluding carboxylic acids is 1. The van der Waals surface area contributed by atoms with E-state index in [1.165, 1.54) is 0 Å². The molecule has 1 amide bonds. The molecule has 0 aliphatic heterocycles. The van der Waals surface area contributed by atoms with Gasteiger partial charge in [-0.1, -0.05) is 56.3 Å². The van der Waals surface area contributed by atoms with Gasteiger partial charge in [-0.05, 0) is 11.0 Å². The molecule has 6 nitrogen and oxygen atoms in total. The highest BCUT2D eigenvalue weighted by atomic mass is 16.3. The van der Waals surface area contributed by atoms with Crippen molar-refractivity contribution in [1.82, 2.24) is 20.3 Å². The van der Waals surface area contributed by atoms with E-state index in [-0.39, 0.29) is 23.6 Å². The van der Waals surface area contributed by atoms with Gasteiger partial charge in [0.15, 0.2) is 5.69 Å². The molecule has 0 spiro atoms. The Kier molecular flexibility index (Phi) is 4.92. The number of nitrogens with zero attached hydrogens (tertiary/aromatic N) is 3. The van der Waals surface area contributed by atoms with Crippen LogP contribution in [-0.2, 0) is 6.54 Å². The first-order valence-electron chi connectivity index (χ1n) is 7.26. The molecule has 0 saturated heterocycles. The van der Waals surface area contributed by atoms with Crippen molar-refractivity contribution in [1.29, 1.82) is 0 Å². The second kappa shape index (κ2) is 6.70. The summed E-state index contributed by atoms with van der Waals surface area (Å²) in [4.78, 5) is 12.0. The monoisotopic (exact) mass is 302 g/mol. The zero-order valence-electron chi connectivity index (χ0n) is 13.2. The number of hydrogen-bond donors (Lipinski definition) is 2. The van der Waals surface area contributed by atoms with Crippen molar-refractivity contribution in [3.8, 4) is 0 Å². The molecule has 1 aromatic carbocycles. The standard InChI is InChI=1S/C16H22N4O2/c1-16(2,3)14(21)9-17-15(22)13-11-20(19-18-13)10-12-7-5-4-6-8-12/h4-8,11,14,21H,9-10H2,1-3H3,(H,17,22). The van der Waals surface area contributed by atoms with E-state index in [1.54, 1.807) is 10.9 Å². The Morgan fingerprint density at radius 1 is 1.32 bits per heavy atom. The zero-order chi connectivity index (χ0) is 16.2. The second-order valence-corrected chi connectivity index (χ2v) is 6.38. The van der Waals surface area contributed by atoms with Crippen molar-refractivity contribution in [2.45, 2.75) is 33.4 Å². The van der Waals surface area contributed by atoms with E-state index in [9.17, 15) is 9.90 Å². The van der Waals surface area contributed by atoms with E-state index in [1.807, 2.05) is 51.1 Å². The van der Waals surface area contributed by atoms with Crippen molar-refractivity contribution in [3.63, 3.8) is 0 Å².